The second-order valence-electron chi connectivity index (χ2n) is 7.34. The van der Waals surface area contributed by atoms with Crippen LogP contribution in [0.15, 0.2) is 18.2 Å². The quantitative estimate of drug-likeness (QED) is 0.870. The number of benzene rings is 1. The minimum Gasteiger partial charge on any atom is -0.358 e. The fraction of sp³-hybridized carbons (Fsp3) is 0.579. The summed E-state index contributed by atoms with van der Waals surface area (Å²) in [6.07, 6.45) is 5.33. The number of nitrogens with one attached hydrogen (secondary N) is 1. The monoisotopic (exact) mass is 295 g/mol. The first-order valence-corrected chi connectivity index (χ1v) is 8.91. The molecule has 0 radical (unpaired) electrons. The molecular formula is C19H25N3. The molecule has 2 bridgehead atoms. The van der Waals surface area contributed by atoms with Crippen molar-refractivity contribution in [1.29, 1.82) is 0 Å². The van der Waals surface area contributed by atoms with Gasteiger partial charge in [0.15, 0.2) is 0 Å². The first kappa shape index (κ1) is 13.0. The van der Waals surface area contributed by atoms with E-state index in [0.29, 0.717) is 5.92 Å². The highest BCUT2D eigenvalue weighted by Crippen LogP contribution is 2.48. The summed E-state index contributed by atoms with van der Waals surface area (Å²) < 4.78 is 2.51. The summed E-state index contributed by atoms with van der Waals surface area (Å²) in [7, 11) is 2.29. The van der Waals surface area contributed by atoms with E-state index >= 15 is 0 Å². The zero-order valence-electron chi connectivity index (χ0n) is 13.4. The summed E-state index contributed by atoms with van der Waals surface area (Å²) in [5, 5.41) is 5.13. The van der Waals surface area contributed by atoms with Gasteiger partial charge in [-0.1, -0.05) is 18.2 Å². The van der Waals surface area contributed by atoms with E-state index in [1.165, 1.54) is 62.0 Å². The zero-order valence-corrected chi connectivity index (χ0v) is 13.4. The van der Waals surface area contributed by atoms with Crippen LogP contribution in [0.2, 0.25) is 0 Å². The maximum absolute atomic E-state index is 3.59. The molecule has 3 nitrogen and oxygen atoms in total. The molecule has 2 fully saturated rings. The number of para-hydroxylation sites is 1. The molecule has 1 atom stereocenters. The zero-order chi connectivity index (χ0) is 14.7. The first-order chi connectivity index (χ1) is 10.8. The van der Waals surface area contributed by atoms with Gasteiger partial charge in [-0.15, -0.1) is 0 Å². The standard InChI is InChI=1S/C19H25N3/c1-21-18-15(14-4-3-9-20-12-14)5-2-6-16(18)17-13-7-10-22(11-8-13)19(17)21/h2,5-6,13-14,20H,3-4,7-12H2,1H3. The van der Waals surface area contributed by atoms with Crippen LogP contribution in [0.3, 0.4) is 0 Å². The Bertz CT molecular complexity index is 716. The van der Waals surface area contributed by atoms with Gasteiger partial charge in [0.05, 0.1) is 5.52 Å². The van der Waals surface area contributed by atoms with Gasteiger partial charge >= 0.3 is 0 Å². The lowest BCUT2D eigenvalue weighted by Crippen LogP contribution is -2.39. The lowest BCUT2D eigenvalue weighted by atomic mass is 9.83. The molecule has 22 heavy (non-hydrogen) atoms. The van der Waals surface area contributed by atoms with E-state index in [-0.39, 0.29) is 0 Å². The Kier molecular flexibility index (Phi) is 2.81. The summed E-state index contributed by atoms with van der Waals surface area (Å²) in [5.74, 6) is 3.00. The van der Waals surface area contributed by atoms with Crippen LogP contribution in [0.25, 0.3) is 10.9 Å². The smallest absolute Gasteiger partial charge is 0.112 e. The first-order valence-electron chi connectivity index (χ1n) is 8.91. The van der Waals surface area contributed by atoms with E-state index in [1.54, 1.807) is 11.1 Å². The van der Waals surface area contributed by atoms with E-state index in [9.17, 15) is 0 Å². The highest BCUT2D eigenvalue weighted by Gasteiger charge is 2.36. The van der Waals surface area contributed by atoms with Crippen molar-refractivity contribution in [2.75, 3.05) is 31.1 Å². The third-order valence-corrected chi connectivity index (χ3v) is 6.19. The molecule has 3 heteroatoms. The lowest BCUT2D eigenvalue weighted by Gasteiger charge is -2.41. The molecule has 1 N–H and O–H groups in total. The molecule has 0 aliphatic carbocycles. The molecule has 5 heterocycles. The minimum atomic E-state index is 0.681. The summed E-state index contributed by atoms with van der Waals surface area (Å²) in [4.78, 5) is 2.62. The van der Waals surface area contributed by atoms with Gasteiger partial charge in [0.25, 0.3) is 0 Å². The van der Waals surface area contributed by atoms with Gasteiger partial charge in [-0.05, 0) is 49.6 Å². The van der Waals surface area contributed by atoms with E-state index in [0.717, 1.165) is 12.5 Å². The van der Waals surface area contributed by atoms with Crippen molar-refractivity contribution in [2.45, 2.75) is 37.5 Å². The summed E-state index contributed by atoms with van der Waals surface area (Å²) in [5.41, 5.74) is 4.74. The normalized spacial score (nSPS) is 25.0. The van der Waals surface area contributed by atoms with Crippen LogP contribution in [0.5, 0.6) is 0 Å². The molecule has 6 rings (SSSR count). The molecule has 2 aromatic rings. The third kappa shape index (κ3) is 1.66. The number of hydrogen-bond donors (Lipinski definition) is 1. The van der Waals surface area contributed by atoms with Crippen molar-refractivity contribution in [2.24, 2.45) is 7.05 Å². The summed E-state index contributed by atoms with van der Waals surface area (Å²) in [6, 6.07) is 7.04. The Morgan fingerprint density at radius 3 is 2.73 bits per heavy atom. The van der Waals surface area contributed by atoms with Crippen molar-refractivity contribution in [3.8, 4) is 0 Å². The Hall–Kier alpha value is -1.48. The number of aryl methyl sites for hydroxylation is 1. The number of aromatic nitrogens is 1. The van der Waals surface area contributed by atoms with Crippen LogP contribution in [0.4, 0.5) is 5.82 Å². The van der Waals surface area contributed by atoms with Crippen molar-refractivity contribution >= 4 is 16.7 Å². The minimum absolute atomic E-state index is 0.681. The highest BCUT2D eigenvalue weighted by atomic mass is 15.3. The second-order valence-corrected chi connectivity index (χ2v) is 7.34. The van der Waals surface area contributed by atoms with E-state index in [4.69, 9.17) is 0 Å². The van der Waals surface area contributed by atoms with Crippen LogP contribution in [-0.2, 0) is 7.05 Å². The fourth-order valence-electron chi connectivity index (χ4n) is 5.17. The Labute approximate surface area is 132 Å². The number of hydrogen-bond acceptors (Lipinski definition) is 2. The maximum atomic E-state index is 3.59. The SMILES string of the molecule is Cn1c2c(c3cccc(C4CCCNC4)c31)C1CCN2CC1. The van der Waals surface area contributed by atoms with Crippen molar-refractivity contribution in [3.05, 3.63) is 29.3 Å². The lowest BCUT2D eigenvalue weighted by molar-refractivity contribution is 0.462. The predicted octanol–water partition coefficient (Wildman–Crippen LogP) is 3.34. The Morgan fingerprint density at radius 1 is 1.09 bits per heavy atom. The molecule has 116 valence electrons. The number of nitrogens with zero attached hydrogens (tertiary/aromatic N) is 2. The topological polar surface area (TPSA) is 20.2 Å². The molecule has 0 saturated carbocycles. The van der Waals surface area contributed by atoms with Gasteiger partial charge in [0.2, 0.25) is 0 Å². The van der Waals surface area contributed by atoms with E-state index in [2.05, 4.69) is 40.0 Å². The molecular weight excluding hydrogens is 270 g/mol. The second kappa shape index (κ2) is 4.76. The van der Waals surface area contributed by atoms with E-state index < -0.39 is 0 Å². The van der Waals surface area contributed by atoms with Gasteiger partial charge in [-0.2, -0.15) is 0 Å². The highest BCUT2D eigenvalue weighted by molar-refractivity contribution is 5.94. The van der Waals surface area contributed by atoms with Crippen molar-refractivity contribution in [3.63, 3.8) is 0 Å². The number of piperidine rings is 2. The Morgan fingerprint density at radius 2 is 1.95 bits per heavy atom. The summed E-state index contributed by atoms with van der Waals surface area (Å²) in [6.45, 7) is 4.83. The van der Waals surface area contributed by atoms with Crippen LogP contribution in [-0.4, -0.2) is 30.7 Å². The Balaban J connectivity index is 1.75. The molecule has 0 amide bonds. The number of fused-ring (bicyclic) bond motifs is 3. The average Bonchev–Trinajstić information content (AvgIpc) is 2.92. The van der Waals surface area contributed by atoms with E-state index in [1.807, 2.05) is 0 Å². The van der Waals surface area contributed by atoms with Gasteiger partial charge in [-0.3, -0.25) is 0 Å². The third-order valence-electron chi connectivity index (χ3n) is 6.19. The predicted molar refractivity (Wildman–Crippen MR) is 92.0 cm³/mol. The van der Waals surface area contributed by atoms with Crippen molar-refractivity contribution < 1.29 is 0 Å². The van der Waals surface area contributed by atoms with Gasteiger partial charge in [0.1, 0.15) is 5.82 Å². The number of rotatable bonds is 1. The van der Waals surface area contributed by atoms with Crippen molar-refractivity contribution in [1.82, 2.24) is 9.88 Å². The van der Waals surface area contributed by atoms with Crippen LogP contribution in [0, 0.1) is 0 Å². The van der Waals surface area contributed by atoms with Crippen LogP contribution >= 0.6 is 0 Å². The molecule has 2 saturated heterocycles. The molecule has 1 unspecified atom stereocenters. The average molecular weight is 295 g/mol. The van der Waals surface area contributed by atoms with Gasteiger partial charge < -0.3 is 14.8 Å². The fourth-order valence-corrected chi connectivity index (χ4v) is 5.17. The van der Waals surface area contributed by atoms with Gasteiger partial charge in [0, 0.05) is 37.6 Å². The molecule has 0 spiro atoms. The maximum Gasteiger partial charge on any atom is 0.112 e. The summed E-state index contributed by atoms with van der Waals surface area (Å²) >= 11 is 0. The van der Waals surface area contributed by atoms with Crippen LogP contribution < -0.4 is 10.2 Å². The largest absolute Gasteiger partial charge is 0.358 e. The van der Waals surface area contributed by atoms with Gasteiger partial charge in [-0.25, -0.2) is 0 Å². The molecule has 4 aliphatic heterocycles. The van der Waals surface area contributed by atoms with Crippen LogP contribution in [0.1, 0.15) is 48.6 Å². The molecule has 1 aromatic carbocycles. The molecule has 4 aliphatic rings. The number of anilines is 1. The molecule has 1 aromatic heterocycles.